The van der Waals surface area contributed by atoms with Gasteiger partial charge in [0, 0.05) is 19.7 Å². The van der Waals surface area contributed by atoms with Crippen LogP contribution in [0, 0.1) is 0 Å². The average Bonchev–Trinajstić information content (AvgIpc) is 1.97. The molecule has 0 bridgehead atoms. The summed E-state index contributed by atoms with van der Waals surface area (Å²) in [6.45, 7) is 3.70. The maximum absolute atomic E-state index is 11.2. The van der Waals surface area contributed by atoms with Crippen molar-refractivity contribution >= 4 is 5.91 Å². The van der Waals surface area contributed by atoms with Gasteiger partial charge in [0.25, 0.3) is 0 Å². The zero-order valence-corrected chi connectivity index (χ0v) is 6.96. The Morgan fingerprint density at radius 1 is 1.82 bits per heavy atom. The van der Waals surface area contributed by atoms with Crippen LogP contribution in [0.1, 0.15) is 6.92 Å². The molecular weight excluding hydrogens is 144 g/mol. The van der Waals surface area contributed by atoms with Gasteiger partial charge in [-0.1, -0.05) is 0 Å². The predicted molar refractivity (Wildman–Crippen MR) is 41.1 cm³/mol. The molecule has 0 aromatic heterocycles. The Bertz CT molecular complexity index is 149. The maximum atomic E-state index is 11.2. The number of carbonyl (C=O) groups excluding carboxylic acids is 1. The Morgan fingerprint density at radius 2 is 2.55 bits per heavy atom. The number of piperazine rings is 1. The molecule has 64 valence electrons. The minimum Gasteiger partial charge on any atom is -0.364 e. The van der Waals surface area contributed by atoms with Gasteiger partial charge in [0.2, 0.25) is 5.91 Å². The number of rotatable bonds is 2. The van der Waals surface area contributed by atoms with Crippen LogP contribution in [-0.2, 0) is 9.53 Å². The van der Waals surface area contributed by atoms with Gasteiger partial charge >= 0.3 is 0 Å². The lowest BCUT2D eigenvalue weighted by Crippen LogP contribution is -2.54. The van der Waals surface area contributed by atoms with Crippen molar-refractivity contribution in [3.05, 3.63) is 0 Å². The molecule has 1 rings (SSSR count). The van der Waals surface area contributed by atoms with Crippen LogP contribution in [0.3, 0.4) is 0 Å². The summed E-state index contributed by atoms with van der Waals surface area (Å²) in [5.41, 5.74) is 0. The van der Waals surface area contributed by atoms with Gasteiger partial charge in [0.15, 0.2) is 0 Å². The number of amides is 1. The van der Waals surface area contributed by atoms with Crippen molar-refractivity contribution in [2.75, 3.05) is 26.9 Å². The van der Waals surface area contributed by atoms with Crippen LogP contribution in [-0.4, -0.2) is 43.8 Å². The van der Waals surface area contributed by atoms with E-state index in [-0.39, 0.29) is 11.9 Å². The second-order valence-corrected chi connectivity index (χ2v) is 2.76. The number of methoxy groups -OCH3 is 1. The number of carbonyl (C=O) groups is 1. The van der Waals surface area contributed by atoms with E-state index in [0.29, 0.717) is 13.3 Å². The monoisotopic (exact) mass is 158 g/mol. The van der Waals surface area contributed by atoms with E-state index in [1.54, 1.807) is 12.0 Å². The molecule has 1 aliphatic heterocycles. The molecule has 0 aliphatic carbocycles. The molecule has 0 aromatic carbocycles. The summed E-state index contributed by atoms with van der Waals surface area (Å²) in [5.74, 6) is 0.116. The molecular formula is C7H14N2O2. The van der Waals surface area contributed by atoms with E-state index in [1.165, 1.54) is 0 Å². The molecule has 1 N–H and O–H groups in total. The standard InChI is InChI=1S/C7H14N2O2/c1-6-3-8-4-7(10)9(6)5-11-2/h6,8H,3-5H2,1-2H3/t6-/m0/s1. The molecule has 0 aromatic rings. The smallest absolute Gasteiger partial charge is 0.238 e. The summed E-state index contributed by atoms with van der Waals surface area (Å²) >= 11 is 0. The van der Waals surface area contributed by atoms with Gasteiger partial charge in [-0.2, -0.15) is 0 Å². The Morgan fingerprint density at radius 3 is 3.09 bits per heavy atom. The third-order valence-electron chi connectivity index (χ3n) is 1.84. The van der Waals surface area contributed by atoms with E-state index in [4.69, 9.17) is 4.74 Å². The molecule has 1 saturated heterocycles. The third-order valence-corrected chi connectivity index (χ3v) is 1.84. The summed E-state index contributed by atoms with van der Waals surface area (Å²) in [6, 6.07) is 0.246. The van der Waals surface area contributed by atoms with Gasteiger partial charge in [-0.05, 0) is 6.92 Å². The molecule has 11 heavy (non-hydrogen) atoms. The van der Waals surface area contributed by atoms with Gasteiger partial charge in [0.1, 0.15) is 6.73 Å². The molecule has 0 radical (unpaired) electrons. The van der Waals surface area contributed by atoms with Crippen LogP contribution in [0.4, 0.5) is 0 Å². The van der Waals surface area contributed by atoms with Crippen LogP contribution < -0.4 is 5.32 Å². The zero-order chi connectivity index (χ0) is 8.27. The number of hydrogen-bond donors (Lipinski definition) is 1. The van der Waals surface area contributed by atoms with Gasteiger partial charge in [-0.25, -0.2) is 0 Å². The van der Waals surface area contributed by atoms with E-state index in [0.717, 1.165) is 6.54 Å². The van der Waals surface area contributed by atoms with E-state index >= 15 is 0 Å². The highest BCUT2D eigenvalue weighted by Gasteiger charge is 2.23. The Kier molecular flexibility index (Phi) is 2.84. The number of hydrogen-bond acceptors (Lipinski definition) is 3. The first kappa shape index (κ1) is 8.49. The second kappa shape index (κ2) is 3.69. The van der Waals surface area contributed by atoms with Crippen molar-refractivity contribution in [1.82, 2.24) is 10.2 Å². The molecule has 4 nitrogen and oxygen atoms in total. The summed E-state index contributed by atoms with van der Waals surface area (Å²) in [5, 5.41) is 3.03. The van der Waals surface area contributed by atoms with E-state index in [2.05, 4.69) is 5.32 Å². The number of ether oxygens (including phenoxy) is 1. The minimum absolute atomic E-state index is 0.116. The Balaban J connectivity index is 2.48. The zero-order valence-electron chi connectivity index (χ0n) is 6.96. The predicted octanol–water partition coefficient (Wildman–Crippen LogP) is -0.589. The summed E-state index contributed by atoms with van der Waals surface area (Å²) in [6.07, 6.45) is 0. The lowest BCUT2D eigenvalue weighted by Gasteiger charge is -2.32. The van der Waals surface area contributed by atoms with Gasteiger partial charge < -0.3 is 15.0 Å². The van der Waals surface area contributed by atoms with Gasteiger partial charge in [-0.15, -0.1) is 0 Å². The van der Waals surface area contributed by atoms with Crippen molar-refractivity contribution in [2.45, 2.75) is 13.0 Å². The molecule has 0 spiro atoms. The summed E-state index contributed by atoms with van der Waals surface area (Å²) < 4.78 is 4.90. The quantitative estimate of drug-likeness (QED) is 0.584. The fourth-order valence-corrected chi connectivity index (χ4v) is 1.18. The van der Waals surface area contributed by atoms with E-state index < -0.39 is 0 Å². The lowest BCUT2D eigenvalue weighted by atomic mass is 10.2. The maximum Gasteiger partial charge on any atom is 0.238 e. The molecule has 0 unspecified atom stereocenters. The summed E-state index contributed by atoms with van der Waals surface area (Å²) in [4.78, 5) is 12.9. The lowest BCUT2D eigenvalue weighted by molar-refractivity contribution is -0.140. The normalized spacial score (nSPS) is 25.8. The topological polar surface area (TPSA) is 41.6 Å². The number of nitrogens with one attached hydrogen (secondary N) is 1. The van der Waals surface area contributed by atoms with E-state index in [9.17, 15) is 4.79 Å². The first-order valence-electron chi connectivity index (χ1n) is 3.75. The van der Waals surface area contributed by atoms with Crippen molar-refractivity contribution in [1.29, 1.82) is 0 Å². The first-order chi connectivity index (χ1) is 5.25. The first-order valence-corrected chi connectivity index (χ1v) is 3.75. The number of nitrogens with zero attached hydrogens (tertiary/aromatic N) is 1. The Hall–Kier alpha value is -0.610. The van der Waals surface area contributed by atoms with Crippen molar-refractivity contribution < 1.29 is 9.53 Å². The fourth-order valence-electron chi connectivity index (χ4n) is 1.18. The van der Waals surface area contributed by atoms with Crippen LogP contribution in [0.15, 0.2) is 0 Å². The van der Waals surface area contributed by atoms with Gasteiger partial charge in [-0.3, -0.25) is 4.79 Å². The Labute approximate surface area is 66.5 Å². The molecule has 4 heteroatoms. The molecule has 0 saturated carbocycles. The highest BCUT2D eigenvalue weighted by molar-refractivity contribution is 5.79. The largest absolute Gasteiger partial charge is 0.364 e. The summed E-state index contributed by atoms with van der Waals surface area (Å²) in [7, 11) is 1.60. The van der Waals surface area contributed by atoms with E-state index in [1.807, 2.05) is 6.92 Å². The minimum atomic E-state index is 0.116. The van der Waals surface area contributed by atoms with Crippen LogP contribution in [0.5, 0.6) is 0 Å². The van der Waals surface area contributed by atoms with Crippen molar-refractivity contribution in [3.8, 4) is 0 Å². The molecule has 1 atom stereocenters. The third kappa shape index (κ3) is 1.91. The molecule has 1 heterocycles. The molecule has 1 aliphatic rings. The SMILES string of the molecule is COCN1C(=O)CNC[C@@H]1C. The fraction of sp³-hybridized carbons (Fsp3) is 0.857. The second-order valence-electron chi connectivity index (χ2n) is 2.76. The van der Waals surface area contributed by atoms with Crippen LogP contribution in [0.25, 0.3) is 0 Å². The molecule has 1 amide bonds. The highest BCUT2D eigenvalue weighted by atomic mass is 16.5. The van der Waals surface area contributed by atoms with Crippen LogP contribution in [0.2, 0.25) is 0 Å². The molecule has 1 fully saturated rings. The average molecular weight is 158 g/mol. The van der Waals surface area contributed by atoms with Crippen LogP contribution >= 0.6 is 0 Å². The highest BCUT2D eigenvalue weighted by Crippen LogP contribution is 2.02. The van der Waals surface area contributed by atoms with Gasteiger partial charge in [0.05, 0.1) is 6.54 Å². The van der Waals surface area contributed by atoms with Crippen molar-refractivity contribution in [3.63, 3.8) is 0 Å². The van der Waals surface area contributed by atoms with Crippen molar-refractivity contribution in [2.24, 2.45) is 0 Å².